The number of thiophene rings is 1. The van der Waals surface area contributed by atoms with Gasteiger partial charge in [-0.2, -0.15) is 0 Å². The number of anilines is 1. The molecule has 0 aliphatic rings. The maximum atomic E-state index is 11.4. The molecule has 94 valence electrons. The fourth-order valence-electron chi connectivity index (χ4n) is 1.25. The molecule has 17 heavy (non-hydrogen) atoms. The molecule has 1 heterocycles. The van der Waals surface area contributed by atoms with Crippen molar-refractivity contribution in [1.82, 2.24) is 5.32 Å². The zero-order valence-electron chi connectivity index (χ0n) is 9.87. The summed E-state index contributed by atoms with van der Waals surface area (Å²) in [7, 11) is 0. The molecule has 2 amide bonds. The van der Waals surface area contributed by atoms with E-state index in [-0.39, 0.29) is 11.6 Å². The zero-order chi connectivity index (χ0) is 12.8. The van der Waals surface area contributed by atoms with Crippen LogP contribution in [-0.2, 0) is 6.42 Å². The van der Waals surface area contributed by atoms with Crippen LogP contribution in [0.5, 0.6) is 0 Å². The van der Waals surface area contributed by atoms with Gasteiger partial charge in [-0.05, 0) is 18.9 Å². The smallest absolute Gasteiger partial charge is 0.338 e. The SMILES string of the molecule is CCCNC(=O)Nc1sc(CC)cc1C(=O)O. The van der Waals surface area contributed by atoms with E-state index in [1.54, 1.807) is 6.07 Å². The van der Waals surface area contributed by atoms with Gasteiger partial charge >= 0.3 is 12.0 Å². The van der Waals surface area contributed by atoms with Crippen LogP contribution in [-0.4, -0.2) is 23.7 Å². The molecule has 0 saturated heterocycles. The fourth-order valence-corrected chi connectivity index (χ4v) is 2.24. The zero-order valence-corrected chi connectivity index (χ0v) is 10.7. The summed E-state index contributed by atoms with van der Waals surface area (Å²) in [4.78, 5) is 23.4. The molecule has 0 radical (unpaired) electrons. The van der Waals surface area contributed by atoms with Gasteiger partial charge in [-0.25, -0.2) is 9.59 Å². The number of carboxylic acid groups (broad SMARTS) is 1. The third-order valence-electron chi connectivity index (χ3n) is 2.12. The highest BCUT2D eigenvalue weighted by Crippen LogP contribution is 2.28. The Kier molecular flexibility index (Phi) is 4.96. The highest BCUT2D eigenvalue weighted by Gasteiger charge is 2.16. The van der Waals surface area contributed by atoms with E-state index in [2.05, 4.69) is 10.6 Å². The Labute approximate surface area is 104 Å². The highest BCUT2D eigenvalue weighted by atomic mass is 32.1. The van der Waals surface area contributed by atoms with Crippen molar-refractivity contribution in [3.63, 3.8) is 0 Å². The number of aryl methyl sites for hydroxylation is 1. The third-order valence-corrected chi connectivity index (χ3v) is 3.32. The molecule has 1 rings (SSSR count). The average Bonchev–Trinajstić information content (AvgIpc) is 2.69. The second-order valence-electron chi connectivity index (χ2n) is 3.50. The molecule has 0 spiro atoms. The van der Waals surface area contributed by atoms with Crippen molar-refractivity contribution in [1.29, 1.82) is 0 Å². The van der Waals surface area contributed by atoms with Gasteiger partial charge in [0.25, 0.3) is 0 Å². The van der Waals surface area contributed by atoms with Crippen molar-refractivity contribution in [2.75, 3.05) is 11.9 Å². The average molecular weight is 256 g/mol. The van der Waals surface area contributed by atoms with Crippen LogP contribution < -0.4 is 10.6 Å². The standard InChI is InChI=1S/C11H16N2O3S/c1-3-5-12-11(16)13-9-8(10(14)15)6-7(4-2)17-9/h6H,3-5H2,1-2H3,(H,14,15)(H2,12,13,16). The summed E-state index contributed by atoms with van der Waals surface area (Å²) in [6.45, 7) is 4.46. The van der Waals surface area contributed by atoms with Crippen molar-refractivity contribution in [3.05, 3.63) is 16.5 Å². The summed E-state index contributed by atoms with van der Waals surface area (Å²) in [6.07, 6.45) is 1.59. The van der Waals surface area contributed by atoms with Gasteiger partial charge in [-0.3, -0.25) is 5.32 Å². The van der Waals surface area contributed by atoms with Crippen LogP contribution in [0.25, 0.3) is 0 Å². The number of amides is 2. The van der Waals surface area contributed by atoms with Gasteiger partial charge in [0.05, 0.1) is 5.56 Å². The van der Waals surface area contributed by atoms with Crippen LogP contribution in [0.15, 0.2) is 6.07 Å². The van der Waals surface area contributed by atoms with Gasteiger partial charge in [0.2, 0.25) is 0 Å². The Balaban J connectivity index is 2.78. The Morgan fingerprint density at radius 3 is 2.65 bits per heavy atom. The lowest BCUT2D eigenvalue weighted by atomic mass is 10.2. The first-order valence-corrected chi connectivity index (χ1v) is 6.31. The minimum Gasteiger partial charge on any atom is -0.478 e. The molecule has 0 aliphatic carbocycles. The molecular weight excluding hydrogens is 240 g/mol. The molecule has 1 aromatic rings. The number of hydrogen-bond donors (Lipinski definition) is 3. The molecule has 0 unspecified atom stereocenters. The lowest BCUT2D eigenvalue weighted by molar-refractivity contribution is 0.0698. The van der Waals surface area contributed by atoms with Gasteiger partial charge in [0, 0.05) is 11.4 Å². The number of carbonyl (C=O) groups is 2. The van der Waals surface area contributed by atoms with E-state index in [0.717, 1.165) is 17.7 Å². The molecule has 0 aromatic carbocycles. The minimum absolute atomic E-state index is 0.151. The van der Waals surface area contributed by atoms with E-state index in [0.29, 0.717) is 11.5 Å². The normalized spacial score (nSPS) is 10.0. The number of rotatable bonds is 5. The number of urea groups is 1. The van der Waals surface area contributed by atoms with Crippen molar-refractivity contribution in [3.8, 4) is 0 Å². The number of carboxylic acids is 1. The quantitative estimate of drug-likeness (QED) is 0.757. The summed E-state index contributed by atoms with van der Waals surface area (Å²) in [5.41, 5.74) is 0.151. The van der Waals surface area contributed by atoms with Crippen LogP contribution in [0.4, 0.5) is 9.80 Å². The number of aromatic carboxylic acids is 1. The topological polar surface area (TPSA) is 78.4 Å². The summed E-state index contributed by atoms with van der Waals surface area (Å²) in [5, 5.41) is 14.6. The Bertz CT molecular complexity index is 415. The number of nitrogens with one attached hydrogen (secondary N) is 2. The van der Waals surface area contributed by atoms with Crippen LogP contribution in [0, 0.1) is 0 Å². The second-order valence-corrected chi connectivity index (χ2v) is 4.63. The summed E-state index contributed by atoms with van der Waals surface area (Å²) in [5.74, 6) is -1.02. The maximum absolute atomic E-state index is 11.4. The van der Waals surface area contributed by atoms with Crippen molar-refractivity contribution in [2.45, 2.75) is 26.7 Å². The van der Waals surface area contributed by atoms with Crippen molar-refractivity contribution < 1.29 is 14.7 Å². The van der Waals surface area contributed by atoms with Gasteiger partial charge < -0.3 is 10.4 Å². The number of carbonyl (C=O) groups excluding carboxylic acids is 1. The molecule has 0 saturated carbocycles. The van der Waals surface area contributed by atoms with E-state index < -0.39 is 5.97 Å². The molecule has 0 fully saturated rings. The van der Waals surface area contributed by atoms with E-state index >= 15 is 0 Å². The Morgan fingerprint density at radius 2 is 2.12 bits per heavy atom. The van der Waals surface area contributed by atoms with Crippen LogP contribution in [0.3, 0.4) is 0 Å². The summed E-state index contributed by atoms with van der Waals surface area (Å²) in [6, 6.07) is 1.24. The van der Waals surface area contributed by atoms with Gasteiger partial charge in [0.15, 0.2) is 0 Å². The lowest BCUT2D eigenvalue weighted by Gasteiger charge is -2.05. The molecule has 5 nitrogen and oxygen atoms in total. The monoisotopic (exact) mass is 256 g/mol. The molecule has 6 heteroatoms. The first-order valence-electron chi connectivity index (χ1n) is 5.49. The Hall–Kier alpha value is -1.56. The first-order chi connectivity index (χ1) is 8.08. The Morgan fingerprint density at radius 1 is 1.41 bits per heavy atom. The third kappa shape index (κ3) is 3.74. The van der Waals surface area contributed by atoms with Crippen LogP contribution in [0.2, 0.25) is 0 Å². The first kappa shape index (κ1) is 13.5. The van der Waals surface area contributed by atoms with Crippen LogP contribution >= 0.6 is 11.3 Å². The van der Waals surface area contributed by atoms with Crippen LogP contribution in [0.1, 0.15) is 35.5 Å². The summed E-state index contributed by atoms with van der Waals surface area (Å²) >= 11 is 1.30. The summed E-state index contributed by atoms with van der Waals surface area (Å²) < 4.78 is 0. The second kappa shape index (κ2) is 6.24. The molecule has 1 aromatic heterocycles. The van der Waals surface area contributed by atoms with E-state index in [4.69, 9.17) is 5.11 Å². The fraction of sp³-hybridized carbons (Fsp3) is 0.455. The lowest BCUT2D eigenvalue weighted by Crippen LogP contribution is -2.29. The largest absolute Gasteiger partial charge is 0.478 e. The van der Waals surface area contributed by atoms with Gasteiger partial charge in [-0.15, -0.1) is 11.3 Å². The van der Waals surface area contributed by atoms with Crippen molar-refractivity contribution in [2.24, 2.45) is 0 Å². The predicted molar refractivity (Wildman–Crippen MR) is 68.0 cm³/mol. The minimum atomic E-state index is -1.02. The van der Waals surface area contributed by atoms with E-state index in [1.807, 2.05) is 13.8 Å². The van der Waals surface area contributed by atoms with Crippen molar-refractivity contribution >= 4 is 28.3 Å². The predicted octanol–water partition coefficient (Wildman–Crippen LogP) is 2.54. The molecule has 0 aliphatic heterocycles. The van der Waals surface area contributed by atoms with E-state index in [1.165, 1.54) is 11.3 Å². The van der Waals surface area contributed by atoms with Gasteiger partial charge in [0.1, 0.15) is 5.00 Å². The number of hydrogen-bond acceptors (Lipinski definition) is 3. The van der Waals surface area contributed by atoms with E-state index in [9.17, 15) is 9.59 Å². The van der Waals surface area contributed by atoms with Gasteiger partial charge in [-0.1, -0.05) is 13.8 Å². The molecule has 0 bridgehead atoms. The molecule has 3 N–H and O–H groups in total. The maximum Gasteiger partial charge on any atom is 0.338 e. The molecular formula is C11H16N2O3S. The highest BCUT2D eigenvalue weighted by molar-refractivity contribution is 7.16. The molecule has 0 atom stereocenters.